The predicted molar refractivity (Wildman–Crippen MR) is 51.7 cm³/mol. The molecule has 1 aliphatic rings. The van der Waals surface area contributed by atoms with Crippen molar-refractivity contribution in [2.75, 3.05) is 18.6 Å². The summed E-state index contributed by atoms with van der Waals surface area (Å²) in [6, 6.07) is 0. The van der Waals surface area contributed by atoms with Crippen LogP contribution in [0.3, 0.4) is 0 Å². The molecule has 0 amide bonds. The highest BCUT2D eigenvalue weighted by molar-refractivity contribution is 7.10. The molecule has 1 aromatic heterocycles. The van der Waals surface area contributed by atoms with Gasteiger partial charge in [-0.3, -0.25) is 0 Å². The molecule has 1 unspecified atom stereocenters. The van der Waals surface area contributed by atoms with E-state index in [1.165, 1.54) is 11.5 Å². The number of rotatable bonds is 4. The van der Waals surface area contributed by atoms with Gasteiger partial charge in [-0.2, -0.15) is 0 Å². The summed E-state index contributed by atoms with van der Waals surface area (Å²) >= 11 is 1.22. The number of nitrogen functional groups attached to an aromatic ring is 1. The minimum Gasteiger partial charge on any atom is -0.379 e. The summed E-state index contributed by atoms with van der Waals surface area (Å²) < 4.78 is 14.5. The molecular formula is C7H12N4O2S. The van der Waals surface area contributed by atoms with E-state index in [9.17, 15) is 0 Å². The van der Waals surface area contributed by atoms with Crippen molar-refractivity contribution in [2.24, 2.45) is 5.84 Å². The normalized spacial score (nSPS) is 21.4. The summed E-state index contributed by atoms with van der Waals surface area (Å²) in [5.74, 6) is 5.28. The van der Waals surface area contributed by atoms with Gasteiger partial charge in [0, 0.05) is 18.1 Å². The van der Waals surface area contributed by atoms with Crippen molar-refractivity contribution in [3.05, 3.63) is 5.69 Å². The molecule has 3 N–H and O–H groups in total. The Morgan fingerprint density at radius 2 is 2.64 bits per heavy atom. The lowest BCUT2D eigenvalue weighted by molar-refractivity contribution is 0.0304. The van der Waals surface area contributed by atoms with E-state index < -0.39 is 0 Å². The first-order chi connectivity index (χ1) is 6.90. The highest BCUT2D eigenvalue weighted by Crippen LogP contribution is 2.18. The van der Waals surface area contributed by atoms with E-state index in [0.29, 0.717) is 13.2 Å². The number of nitrogens with zero attached hydrogens (tertiary/aromatic N) is 2. The zero-order chi connectivity index (χ0) is 9.80. The molecule has 0 aliphatic carbocycles. The van der Waals surface area contributed by atoms with E-state index >= 15 is 0 Å². The van der Waals surface area contributed by atoms with Crippen molar-refractivity contribution in [1.82, 2.24) is 9.59 Å². The van der Waals surface area contributed by atoms with Crippen LogP contribution in [0.1, 0.15) is 12.1 Å². The molecule has 0 saturated carbocycles. The van der Waals surface area contributed by atoms with Gasteiger partial charge in [0.1, 0.15) is 10.7 Å². The Balaban J connectivity index is 1.84. The number of ether oxygens (including phenoxy) is 2. The fourth-order valence-corrected chi connectivity index (χ4v) is 1.73. The monoisotopic (exact) mass is 216 g/mol. The van der Waals surface area contributed by atoms with Crippen LogP contribution in [0.25, 0.3) is 0 Å². The largest absolute Gasteiger partial charge is 0.379 e. The van der Waals surface area contributed by atoms with E-state index in [4.69, 9.17) is 15.3 Å². The predicted octanol–water partition coefficient (Wildman–Crippen LogP) is 0.129. The maximum absolute atomic E-state index is 5.57. The van der Waals surface area contributed by atoms with E-state index in [2.05, 4.69) is 15.0 Å². The Bertz CT molecular complexity index is 287. The second-order valence-corrected chi connectivity index (χ2v) is 3.74. The fraction of sp³-hybridized carbons (Fsp3) is 0.714. The molecule has 2 rings (SSSR count). The van der Waals surface area contributed by atoms with Crippen molar-refractivity contribution in [1.29, 1.82) is 0 Å². The van der Waals surface area contributed by atoms with Gasteiger partial charge in [-0.15, -0.1) is 5.10 Å². The molecule has 0 aromatic carbocycles. The maximum atomic E-state index is 5.57. The van der Waals surface area contributed by atoms with Crippen LogP contribution in [-0.2, 0) is 16.1 Å². The van der Waals surface area contributed by atoms with Crippen LogP contribution in [0.2, 0.25) is 0 Å². The number of hydrazine groups is 1. The molecule has 78 valence electrons. The third-order valence-corrected chi connectivity index (χ3v) is 2.73. The van der Waals surface area contributed by atoms with Crippen LogP contribution in [-0.4, -0.2) is 28.9 Å². The smallest absolute Gasteiger partial charge is 0.149 e. The summed E-state index contributed by atoms with van der Waals surface area (Å²) in [6.07, 6.45) is 1.13. The molecule has 1 aromatic rings. The molecular weight excluding hydrogens is 204 g/mol. The molecule has 1 fully saturated rings. The lowest BCUT2D eigenvalue weighted by atomic mass is 10.3. The van der Waals surface area contributed by atoms with Crippen LogP contribution in [0.15, 0.2) is 0 Å². The molecule has 0 bridgehead atoms. The SMILES string of the molecule is NNc1snnc1COC1CCOC1. The summed E-state index contributed by atoms with van der Waals surface area (Å²) in [4.78, 5) is 0. The molecule has 6 nitrogen and oxygen atoms in total. The molecule has 0 spiro atoms. The number of hydrogen-bond acceptors (Lipinski definition) is 7. The lowest BCUT2D eigenvalue weighted by Crippen LogP contribution is -2.14. The quantitative estimate of drug-likeness (QED) is 0.550. The summed E-state index contributed by atoms with van der Waals surface area (Å²) in [7, 11) is 0. The highest BCUT2D eigenvalue weighted by atomic mass is 32.1. The average Bonchev–Trinajstić information content (AvgIpc) is 2.85. The van der Waals surface area contributed by atoms with Crippen molar-refractivity contribution in [2.45, 2.75) is 19.1 Å². The van der Waals surface area contributed by atoms with Gasteiger partial charge in [-0.1, -0.05) is 4.49 Å². The van der Waals surface area contributed by atoms with Gasteiger partial charge in [0.05, 0.1) is 19.3 Å². The molecule has 0 radical (unpaired) electrons. The van der Waals surface area contributed by atoms with Gasteiger partial charge in [-0.05, 0) is 6.42 Å². The molecule has 1 saturated heterocycles. The van der Waals surface area contributed by atoms with Gasteiger partial charge >= 0.3 is 0 Å². The van der Waals surface area contributed by atoms with Crippen molar-refractivity contribution in [3.8, 4) is 0 Å². The van der Waals surface area contributed by atoms with Gasteiger partial charge < -0.3 is 14.9 Å². The maximum Gasteiger partial charge on any atom is 0.149 e. The Kier molecular flexibility index (Phi) is 3.25. The Hall–Kier alpha value is -0.760. The topological polar surface area (TPSA) is 82.3 Å². The number of aromatic nitrogens is 2. The minimum atomic E-state index is 0.183. The van der Waals surface area contributed by atoms with E-state index in [1.54, 1.807) is 0 Å². The zero-order valence-corrected chi connectivity index (χ0v) is 8.42. The molecule has 1 aliphatic heterocycles. The second-order valence-electron chi connectivity index (χ2n) is 2.99. The fourth-order valence-electron chi connectivity index (χ4n) is 1.25. The molecule has 2 heterocycles. The summed E-state index contributed by atoms with van der Waals surface area (Å²) in [5.41, 5.74) is 3.29. The first kappa shape index (κ1) is 9.78. The Morgan fingerprint density at radius 1 is 1.71 bits per heavy atom. The number of nitrogens with one attached hydrogen (secondary N) is 1. The minimum absolute atomic E-state index is 0.183. The van der Waals surface area contributed by atoms with Gasteiger partial charge in [0.25, 0.3) is 0 Å². The van der Waals surface area contributed by atoms with Gasteiger partial charge in [0.2, 0.25) is 0 Å². The third kappa shape index (κ3) is 2.18. The average molecular weight is 216 g/mol. The Morgan fingerprint density at radius 3 is 3.36 bits per heavy atom. The first-order valence-corrected chi connectivity index (χ1v) is 5.14. The zero-order valence-electron chi connectivity index (χ0n) is 7.60. The molecule has 14 heavy (non-hydrogen) atoms. The van der Waals surface area contributed by atoms with Crippen molar-refractivity contribution in [3.63, 3.8) is 0 Å². The standard InChI is InChI=1S/C7H12N4O2S/c8-9-7-6(10-11-14-7)4-13-5-1-2-12-3-5/h5,9H,1-4,8H2. The first-order valence-electron chi connectivity index (χ1n) is 4.37. The van der Waals surface area contributed by atoms with Gasteiger partial charge in [0.15, 0.2) is 0 Å². The van der Waals surface area contributed by atoms with Gasteiger partial charge in [-0.25, -0.2) is 5.84 Å². The Labute approximate surface area is 85.5 Å². The van der Waals surface area contributed by atoms with Crippen LogP contribution in [0, 0.1) is 0 Å². The van der Waals surface area contributed by atoms with E-state index in [-0.39, 0.29) is 6.10 Å². The summed E-state index contributed by atoms with van der Waals surface area (Å²) in [5, 5.41) is 4.66. The number of nitrogens with two attached hydrogens (primary N) is 1. The van der Waals surface area contributed by atoms with Crippen LogP contribution in [0.5, 0.6) is 0 Å². The summed E-state index contributed by atoms with van der Waals surface area (Å²) in [6.45, 7) is 1.88. The van der Waals surface area contributed by atoms with E-state index in [0.717, 1.165) is 23.7 Å². The third-order valence-electron chi connectivity index (χ3n) is 2.03. The molecule has 7 heteroatoms. The van der Waals surface area contributed by atoms with Crippen LogP contribution in [0.4, 0.5) is 5.00 Å². The molecule has 1 atom stereocenters. The van der Waals surface area contributed by atoms with E-state index in [1.807, 2.05) is 0 Å². The second kappa shape index (κ2) is 4.65. The van der Waals surface area contributed by atoms with Crippen molar-refractivity contribution < 1.29 is 9.47 Å². The van der Waals surface area contributed by atoms with Crippen molar-refractivity contribution >= 4 is 16.5 Å². The lowest BCUT2D eigenvalue weighted by Gasteiger charge is -2.08. The van der Waals surface area contributed by atoms with Crippen LogP contribution < -0.4 is 11.3 Å². The number of hydrogen-bond donors (Lipinski definition) is 2. The highest BCUT2D eigenvalue weighted by Gasteiger charge is 2.17. The van der Waals surface area contributed by atoms with Crippen LogP contribution >= 0.6 is 11.5 Å². The number of anilines is 1.